The summed E-state index contributed by atoms with van der Waals surface area (Å²) in [6.07, 6.45) is -0.911. The van der Waals surface area contributed by atoms with Crippen LogP contribution in [0.15, 0.2) is 30.3 Å². The lowest BCUT2D eigenvalue weighted by molar-refractivity contribution is -0.150. The van der Waals surface area contributed by atoms with E-state index in [1.165, 1.54) is 24.3 Å². The van der Waals surface area contributed by atoms with Crippen LogP contribution < -0.4 is 0 Å². The van der Waals surface area contributed by atoms with Crippen molar-refractivity contribution in [1.29, 1.82) is 0 Å². The second-order valence-corrected chi connectivity index (χ2v) is 5.42. The highest BCUT2D eigenvalue weighted by Gasteiger charge is 2.53. The van der Waals surface area contributed by atoms with Crippen LogP contribution in [0.3, 0.4) is 0 Å². The summed E-state index contributed by atoms with van der Waals surface area (Å²) in [5.74, 6) is -4.28. The molecule has 0 radical (unpaired) electrons. The number of carbonyl (C=O) groups excluding carboxylic acids is 2. The molecule has 0 heterocycles. The van der Waals surface area contributed by atoms with Crippen LogP contribution in [0.4, 0.5) is 0 Å². The van der Waals surface area contributed by atoms with Crippen molar-refractivity contribution in [2.75, 3.05) is 0 Å². The first kappa shape index (κ1) is 18.2. The largest absolute Gasteiger partial charge is 0.481 e. The smallest absolute Gasteiger partial charge is 0.308 e. The van der Waals surface area contributed by atoms with Crippen molar-refractivity contribution in [1.82, 2.24) is 0 Å². The van der Waals surface area contributed by atoms with Crippen molar-refractivity contribution in [3.8, 4) is 0 Å². The summed E-state index contributed by atoms with van der Waals surface area (Å²) in [7, 11) is 0. The van der Waals surface area contributed by atoms with Gasteiger partial charge >= 0.3 is 11.9 Å². The van der Waals surface area contributed by atoms with Gasteiger partial charge in [0, 0.05) is 6.42 Å². The molecule has 0 aliphatic rings. The average molecular weight is 342 g/mol. The molecule has 1 atom stereocenters. The maximum absolute atomic E-state index is 12.1. The molecule has 0 aliphatic heterocycles. The van der Waals surface area contributed by atoms with Gasteiger partial charge in [0.15, 0.2) is 0 Å². The van der Waals surface area contributed by atoms with Crippen LogP contribution in [0.5, 0.6) is 0 Å². The minimum Gasteiger partial charge on any atom is -0.481 e. The molecule has 0 saturated carbocycles. The van der Waals surface area contributed by atoms with Crippen molar-refractivity contribution in [3.63, 3.8) is 0 Å². The van der Waals surface area contributed by atoms with E-state index in [4.69, 9.17) is 5.11 Å². The molecule has 1 rings (SSSR count). The van der Waals surface area contributed by atoms with Crippen molar-refractivity contribution in [2.45, 2.75) is 18.3 Å². The predicted octanol–water partition coefficient (Wildman–Crippen LogP) is 1.40. The normalized spacial score (nSPS) is 12.5. The summed E-state index contributed by atoms with van der Waals surface area (Å²) < 4.78 is 0. The fraction of sp³-hybridized carbons (Fsp3) is 0.286. The van der Waals surface area contributed by atoms with Gasteiger partial charge in [0.1, 0.15) is 5.41 Å². The number of thiol groups is 2. The van der Waals surface area contributed by atoms with E-state index in [0.29, 0.717) is 0 Å². The van der Waals surface area contributed by atoms with Crippen LogP contribution in [-0.4, -0.2) is 32.4 Å². The molecule has 0 amide bonds. The maximum Gasteiger partial charge on any atom is 0.308 e. The minimum atomic E-state index is -2.14. The molecule has 2 N–H and O–H groups in total. The predicted molar refractivity (Wildman–Crippen MR) is 84.1 cm³/mol. The van der Waals surface area contributed by atoms with E-state index in [9.17, 15) is 24.3 Å². The summed E-state index contributed by atoms with van der Waals surface area (Å²) in [6, 6.07) is 7.53. The number of aliphatic carboxylic acids is 2. The van der Waals surface area contributed by atoms with Gasteiger partial charge in [0.25, 0.3) is 0 Å². The van der Waals surface area contributed by atoms with Gasteiger partial charge in [-0.15, -0.1) is 25.3 Å². The lowest BCUT2D eigenvalue weighted by Crippen LogP contribution is -2.49. The van der Waals surface area contributed by atoms with E-state index in [1.807, 2.05) is 0 Å². The number of carboxylic acids is 2. The van der Waals surface area contributed by atoms with Crippen LogP contribution in [0, 0.1) is 5.92 Å². The lowest BCUT2D eigenvalue weighted by atomic mass is 9.70. The number of benzene rings is 1. The van der Waals surface area contributed by atoms with Crippen molar-refractivity contribution in [3.05, 3.63) is 35.9 Å². The number of hydrogen-bond acceptors (Lipinski definition) is 4. The highest BCUT2D eigenvalue weighted by molar-refractivity contribution is 7.99. The Bertz CT molecular complexity index is 585. The Hall–Kier alpha value is -1.80. The van der Waals surface area contributed by atoms with E-state index in [0.717, 1.165) is 0 Å². The molecule has 0 bridgehead atoms. The zero-order valence-corrected chi connectivity index (χ0v) is 13.1. The molecule has 0 saturated heterocycles. The Balaban J connectivity index is 3.52. The van der Waals surface area contributed by atoms with Gasteiger partial charge < -0.3 is 10.2 Å². The second-order valence-electron chi connectivity index (χ2n) is 4.61. The molecule has 1 aromatic rings. The zero-order valence-electron chi connectivity index (χ0n) is 11.3. The molecule has 118 valence electrons. The van der Waals surface area contributed by atoms with Gasteiger partial charge in [-0.25, -0.2) is 0 Å². The summed E-state index contributed by atoms with van der Waals surface area (Å²) >= 11 is 7.38. The van der Waals surface area contributed by atoms with Crippen molar-refractivity contribution >= 4 is 47.4 Å². The number of hydrogen-bond donors (Lipinski definition) is 4. The molecular formula is C14H14O6S2. The highest BCUT2D eigenvalue weighted by Crippen LogP contribution is 2.40. The lowest BCUT2D eigenvalue weighted by Gasteiger charge is -2.33. The third-order valence-corrected chi connectivity index (χ3v) is 4.08. The zero-order chi connectivity index (χ0) is 16.9. The minimum absolute atomic E-state index is 0.118. The van der Waals surface area contributed by atoms with Gasteiger partial charge in [-0.2, -0.15) is 0 Å². The van der Waals surface area contributed by atoms with E-state index in [2.05, 4.69) is 25.3 Å². The molecule has 0 aromatic heterocycles. The monoisotopic (exact) mass is 342 g/mol. The van der Waals surface area contributed by atoms with Crippen LogP contribution in [0.1, 0.15) is 18.4 Å². The summed E-state index contributed by atoms with van der Waals surface area (Å²) in [5, 5.41) is 16.2. The van der Waals surface area contributed by atoms with Crippen LogP contribution in [-0.2, 0) is 24.6 Å². The Labute approximate surface area is 137 Å². The van der Waals surface area contributed by atoms with Gasteiger partial charge in [-0.3, -0.25) is 19.2 Å². The van der Waals surface area contributed by atoms with Crippen LogP contribution in [0.2, 0.25) is 0 Å². The van der Waals surface area contributed by atoms with Crippen LogP contribution >= 0.6 is 25.3 Å². The maximum atomic E-state index is 12.1. The Morgan fingerprint density at radius 1 is 1.00 bits per heavy atom. The first-order valence-corrected chi connectivity index (χ1v) is 7.11. The molecule has 6 nitrogen and oxygen atoms in total. The molecule has 0 fully saturated rings. The molecule has 1 unspecified atom stereocenters. The molecule has 8 heteroatoms. The Kier molecular flexibility index (Phi) is 6.19. The van der Waals surface area contributed by atoms with E-state index in [-0.39, 0.29) is 5.56 Å². The third kappa shape index (κ3) is 3.50. The summed E-state index contributed by atoms with van der Waals surface area (Å²) in [4.78, 5) is 46.5. The van der Waals surface area contributed by atoms with Gasteiger partial charge in [0.05, 0.1) is 5.92 Å². The van der Waals surface area contributed by atoms with Crippen molar-refractivity contribution < 1.29 is 29.4 Å². The topological polar surface area (TPSA) is 109 Å². The second kappa shape index (κ2) is 7.46. The van der Waals surface area contributed by atoms with E-state index >= 15 is 0 Å². The standard InChI is InChI=1S/C14H14O6S2/c15-10(16)7-6-9(11(17)18)14(12(19)21,13(20)22)8-4-2-1-3-5-8/h1-5,9H,6-7H2,(H,15,16)(H,17,18)(H,19,21)(H,20,22). The highest BCUT2D eigenvalue weighted by atomic mass is 32.1. The van der Waals surface area contributed by atoms with Crippen molar-refractivity contribution in [2.24, 2.45) is 5.92 Å². The molecule has 0 spiro atoms. The summed E-state index contributed by atoms with van der Waals surface area (Å²) in [5.41, 5.74) is -2.03. The van der Waals surface area contributed by atoms with E-state index in [1.54, 1.807) is 6.07 Å². The van der Waals surface area contributed by atoms with E-state index < -0.39 is 46.3 Å². The number of rotatable bonds is 8. The first-order valence-electron chi connectivity index (χ1n) is 6.21. The van der Waals surface area contributed by atoms with Gasteiger partial charge in [-0.1, -0.05) is 30.3 Å². The fourth-order valence-electron chi connectivity index (χ4n) is 2.33. The fourth-order valence-corrected chi connectivity index (χ4v) is 3.19. The SMILES string of the molecule is O=C(O)CCC(C(=O)O)C(C(=O)S)(C(=O)S)c1ccccc1. The molecule has 0 aliphatic carbocycles. The number of carboxylic acid groups (broad SMARTS) is 2. The van der Waals surface area contributed by atoms with Gasteiger partial charge in [0.2, 0.25) is 10.2 Å². The summed E-state index contributed by atoms with van der Waals surface area (Å²) in [6.45, 7) is 0. The Morgan fingerprint density at radius 3 is 1.86 bits per heavy atom. The third-order valence-electron chi connectivity index (χ3n) is 3.37. The Morgan fingerprint density at radius 2 is 1.50 bits per heavy atom. The molecular weight excluding hydrogens is 328 g/mol. The van der Waals surface area contributed by atoms with Gasteiger partial charge in [-0.05, 0) is 12.0 Å². The number of carbonyl (C=O) groups is 4. The molecule has 22 heavy (non-hydrogen) atoms. The first-order chi connectivity index (χ1) is 10.2. The quantitative estimate of drug-likeness (QED) is 0.420. The molecule has 1 aromatic carbocycles. The average Bonchev–Trinajstić information content (AvgIpc) is 2.42. The van der Waals surface area contributed by atoms with Crippen LogP contribution in [0.25, 0.3) is 0 Å².